The average molecular weight is 425 g/mol. The lowest BCUT2D eigenvalue weighted by Gasteiger charge is -2.33. The summed E-state index contributed by atoms with van der Waals surface area (Å²) < 4.78 is 13.4. The zero-order chi connectivity index (χ0) is 21.8. The van der Waals surface area contributed by atoms with E-state index in [-0.39, 0.29) is 24.3 Å². The Bertz CT molecular complexity index is 943. The van der Waals surface area contributed by atoms with Gasteiger partial charge in [-0.1, -0.05) is 12.1 Å². The van der Waals surface area contributed by atoms with Crippen molar-refractivity contribution in [1.82, 2.24) is 14.8 Å². The highest BCUT2D eigenvalue weighted by molar-refractivity contribution is 6.04. The monoisotopic (exact) mass is 424 g/mol. The molecule has 7 heteroatoms. The molecule has 0 spiro atoms. The Morgan fingerprint density at radius 2 is 1.94 bits per heavy atom. The molecule has 0 saturated carbocycles. The van der Waals surface area contributed by atoms with Crippen molar-refractivity contribution in [3.63, 3.8) is 0 Å². The van der Waals surface area contributed by atoms with Gasteiger partial charge >= 0.3 is 0 Å². The number of pyridine rings is 1. The number of rotatable bonds is 5. The fourth-order valence-corrected chi connectivity index (χ4v) is 4.40. The van der Waals surface area contributed by atoms with E-state index < -0.39 is 6.17 Å². The second-order valence-electron chi connectivity index (χ2n) is 8.63. The highest BCUT2D eigenvalue weighted by atomic mass is 19.1. The van der Waals surface area contributed by atoms with E-state index in [1.54, 1.807) is 17.3 Å². The van der Waals surface area contributed by atoms with Gasteiger partial charge in [0.25, 0.3) is 5.91 Å². The molecule has 0 aliphatic carbocycles. The maximum absolute atomic E-state index is 13.4. The molecule has 6 nitrogen and oxygen atoms in total. The number of aryl methyl sites for hydroxylation is 1. The van der Waals surface area contributed by atoms with Crippen LogP contribution in [-0.2, 0) is 11.3 Å². The fourth-order valence-electron chi connectivity index (χ4n) is 4.40. The number of nitrogens with one attached hydrogen (secondary N) is 1. The summed E-state index contributed by atoms with van der Waals surface area (Å²) in [5, 5.41) is 2.94. The quantitative estimate of drug-likeness (QED) is 0.799. The number of carbonyl (C=O) groups excluding carboxylic acids is 2. The van der Waals surface area contributed by atoms with Crippen molar-refractivity contribution < 1.29 is 14.0 Å². The molecule has 164 valence electrons. The summed E-state index contributed by atoms with van der Waals surface area (Å²) in [6.07, 6.45) is 4.51. The Balaban J connectivity index is 1.29. The van der Waals surface area contributed by atoms with Crippen molar-refractivity contribution in [3.05, 3.63) is 59.4 Å². The summed E-state index contributed by atoms with van der Waals surface area (Å²) in [5.41, 5.74) is 3.35. The minimum Gasteiger partial charge on any atom is -0.339 e. The van der Waals surface area contributed by atoms with Crippen LogP contribution in [0, 0.1) is 12.8 Å². The zero-order valence-electron chi connectivity index (χ0n) is 17.9. The lowest BCUT2D eigenvalue weighted by Crippen LogP contribution is -2.41. The van der Waals surface area contributed by atoms with Crippen LogP contribution in [-0.4, -0.2) is 58.9 Å². The van der Waals surface area contributed by atoms with Crippen molar-refractivity contribution in [1.29, 1.82) is 0 Å². The van der Waals surface area contributed by atoms with Gasteiger partial charge < -0.3 is 10.2 Å². The lowest BCUT2D eigenvalue weighted by atomic mass is 9.95. The Morgan fingerprint density at radius 1 is 1.13 bits per heavy atom. The van der Waals surface area contributed by atoms with Crippen molar-refractivity contribution in [2.45, 2.75) is 38.9 Å². The molecule has 2 aromatic rings. The molecule has 0 unspecified atom stereocenters. The molecule has 0 radical (unpaired) electrons. The van der Waals surface area contributed by atoms with Crippen molar-refractivity contribution in [2.75, 3.05) is 31.5 Å². The SMILES string of the molecule is Cc1cncc(C(=O)Nc2cccc(CN3CCC(C(=O)N4CC[C@H](F)C4)CC3)c2)c1. The number of piperidine rings is 1. The van der Waals surface area contributed by atoms with E-state index >= 15 is 0 Å². The van der Waals surface area contributed by atoms with E-state index in [2.05, 4.69) is 15.2 Å². The van der Waals surface area contributed by atoms with Gasteiger partial charge in [-0.25, -0.2) is 4.39 Å². The summed E-state index contributed by atoms with van der Waals surface area (Å²) >= 11 is 0. The highest BCUT2D eigenvalue weighted by Crippen LogP contribution is 2.24. The Hall–Kier alpha value is -2.80. The third kappa shape index (κ3) is 5.47. The molecule has 2 fully saturated rings. The van der Waals surface area contributed by atoms with Crippen LogP contribution in [0.3, 0.4) is 0 Å². The number of halogens is 1. The number of alkyl halides is 1. The summed E-state index contributed by atoms with van der Waals surface area (Å²) in [5.74, 6) is -0.0460. The third-order valence-corrected chi connectivity index (χ3v) is 6.11. The number of anilines is 1. The molecular formula is C24H29FN4O2. The second-order valence-corrected chi connectivity index (χ2v) is 8.63. The smallest absolute Gasteiger partial charge is 0.257 e. The molecule has 2 aliphatic rings. The van der Waals surface area contributed by atoms with E-state index in [4.69, 9.17) is 0 Å². The minimum atomic E-state index is -0.862. The first-order valence-electron chi connectivity index (χ1n) is 10.9. The molecule has 2 amide bonds. The van der Waals surface area contributed by atoms with Crippen molar-refractivity contribution in [3.8, 4) is 0 Å². The van der Waals surface area contributed by atoms with Crippen LogP contribution in [0.15, 0.2) is 42.7 Å². The van der Waals surface area contributed by atoms with Crippen molar-refractivity contribution in [2.24, 2.45) is 5.92 Å². The van der Waals surface area contributed by atoms with Crippen LogP contribution in [0.2, 0.25) is 0 Å². The number of nitrogens with zero attached hydrogens (tertiary/aromatic N) is 3. The number of hydrogen-bond donors (Lipinski definition) is 1. The third-order valence-electron chi connectivity index (χ3n) is 6.11. The van der Waals surface area contributed by atoms with Gasteiger partial charge in [-0.2, -0.15) is 0 Å². The van der Waals surface area contributed by atoms with Gasteiger partial charge in [0.15, 0.2) is 0 Å². The average Bonchev–Trinajstić information content (AvgIpc) is 3.20. The first-order valence-corrected chi connectivity index (χ1v) is 10.9. The Morgan fingerprint density at radius 3 is 2.65 bits per heavy atom. The van der Waals surface area contributed by atoms with Gasteiger partial charge in [-0.05, 0) is 68.6 Å². The molecule has 1 atom stereocenters. The summed E-state index contributed by atoms with van der Waals surface area (Å²) in [6, 6.07) is 9.67. The maximum Gasteiger partial charge on any atom is 0.257 e. The van der Waals surface area contributed by atoms with Crippen molar-refractivity contribution >= 4 is 17.5 Å². The molecule has 1 N–H and O–H groups in total. The molecule has 2 aliphatic heterocycles. The van der Waals surface area contributed by atoms with Gasteiger partial charge in [0.05, 0.1) is 12.1 Å². The molecule has 0 bridgehead atoms. The second kappa shape index (κ2) is 9.56. The van der Waals surface area contributed by atoms with Gasteiger partial charge in [0, 0.05) is 37.1 Å². The Kier molecular flexibility index (Phi) is 6.61. The van der Waals surface area contributed by atoms with Crippen LogP contribution in [0.5, 0.6) is 0 Å². The summed E-state index contributed by atoms with van der Waals surface area (Å²) in [4.78, 5) is 33.2. The first kappa shape index (κ1) is 21.4. The van der Waals surface area contributed by atoms with Crippen LogP contribution >= 0.6 is 0 Å². The standard InChI is InChI=1S/C24H29FN4O2/c1-17-11-20(14-26-13-17)23(30)27-22-4-2-3-18(12-22)15-28-8-5-19(6-9-28)24(31)29-10-7-21(25)16-29/h2-4,11-14,19,21H,5-10,15-16H2,1H3,(H,27,30)/t21-/m0/s1. The first-order chi connectivity index (χ1) is 15.0. The molecule has 4 rings (SSSR count). The van der Waals surface area contributed by atoms with Gasteiger partial charge in [-0.3, -0.25) is 19.5 Å². The molecule has 2 saturated heterocycles. The number of benzene rings is 1. The molecule has 1 aromatic heterocycles. The van der Waals surface area contributed by atoms with E-state index in [0.717, 1.165) is 49.3 Å². The van der Waals surface area contributed by atoms with Gasteiger partial charge in [0.1, 0.15) is 6.17 Å². The molecular weight excluding hydrogens is 395 g/mol. The lowest BCUT2D eigenvalue weighted by molar-refractivity contribution is -0.136. The number of hydrogen-bond acceptors (Lipinski definition) is 4. The molecule has 1 aromatic carbocycles. The van der Waals surface area contributed by atoms with Gasteiger partial charge in [0.2, 0.25) is 5.91 Å². The normalized spacial score (nSPS) is 20.1. The van der Waals surface area contributed by atoms with E-state index in [0.29, 0.717) is 18.5 Å². The molecule has 3 heterocycles. The number of likely N-dealkylation sites (tertiary alicyclic amines) is 2. The fraction of sp³-hybridized carbons (Fsp3) is 0.458. The summed E-state index contributed by atoms with van der Waals surface area (Å²) in [6.45, 7) is 5.17. The van der Waals surface area contributed by atoms with Crippen LogP contribution in [0.25, 0.3) is 0 Å². The number of amides is 2. The summed E-state index contributed by atoms with van der Waals surface area (Å²) in [7, 11) is 0. The molecule has 31 heavy (non-hydrogen) atoms. The van der Waals surface area contributed by atoms with E-state index in [9.17, 15) is 14.0 Å². The van der Waals surface area contributed by atoms with Crippen LogP contribution < -0.4 is 5.32 Å². The van der Waals surface area contributed by atoms with Crippen LogP contribution in [0.1, 0.15) is 40.7 Å². The predicted octanol–water partition coefficient (Wildman–Crippen LogP) is 3.42. The van der Waals surface area contributed by atoms with E-state index in [1.807, 2.05) is 37.3 Å². The largest absolute Gasteiger partial charge is 0.339 e. The van der Waals surface area contributed by atoms with Crippen LogP contribution in [0.4, 0.5) is 10.1 Å². The highest BCUT2D eigenvalue weighted by Gasteiger charge is 2.32. The van der Waals surface area contributed by atoms with Gasteiger partial charge in [-0.15, -0.1) is 0 Å². The maximum atomic E-state index is 13.4. The Labute approximate surface area is 182 Å². The zero-order valence-corrected chi connectivity index (χ0v) is 17.9. The number of carbonyl (C=O) groups is 2. The minimum absolute atomic E-state index is 0.00936. The predicted molar refractivity (Wildman–Crippen MR) is 117 cm³/mol. The number of aromatic nitrogens is 1. The topological polar surface area (TPSA) is 65.5 Å². The van der Waals surface area contributed by atoms with E-state index in [1.165, 1.54) is 0 Å².